The number of amides is 1. The molecule has 2 heterocycles. The molecule has 23 heavy (non-hydrogen) atoms. The van der Waals surface area contributed by atoms with Crippen molar-refractivity contribution in [2.75, 3.05) is 13.1 Å². The van der Waals surface area contributed by atoms with E-state index in [2.05, 4.69) is 5.10 Å². The van der Waals surface area contributed by atoms with Crippen molar-refractivity contribution in [3.05, 3.63) is 48.3 Å². The number of ether oxygens (including phenoxy) is 2. The van der Waals surface area contributed by atoms with Crippen LogP contribution in [0.1, 0.15) is 24.3 Å². The van der Waals surface area contributed by atoms with Crippen LogP contribution in [-0.2, 0) is 11.5 Å². The summed E-state index contributed by atoms with van der Waals surface area (Å²) < 4.78 is 12.9. The average molecular weight is 315 g/mol. The Morgan fingerprint density at radius 2 is 1.91 bits per heavy atom. The molecule has 2 atom stereocenters. The van der Waals surface area contributed by atoms with E-state index in [1.807, 2.05) is 44.2 Å². The molecular formula is C17H21N3O3. The maximum absolute atomic E-state index is 12.5. The van der Waals surface area contributed by atoms with Crippen LogP contribution >= 0.6 is 0 Å². The van der Waals surface area contributed by atoms with Gasteiger partial charge in [-0.3, -0.25) is 4.79 Å². The van der Waals surface area contributed by atoms with Crippen LogP contribution in [0.4, 0.5) is 0 Å². The summed E-state index contributed by atoms with van der Waals surface area (Å²) in [6.07, 6.45) is 1.85. The molecule has 122 valence electrons. The largest absolute Gasteiger partial charge is 0.471 e. The van der Waals surface area contributed by atoms with E-state index >= 15 is 0 Å². The summed E-state index contributed by atoms with van der Waals surface area (Å²) in [7, 11) is 0. The molecule has 6 nitrogen and oxygen atoms in total. The van der Waals surface area contributed by atoms with Crippen molar-refractivity contribution in [3.8, 4) is 5.75 Å². The van der Waals surface area contributed by atoms with E-state index in [-0.39, 0.29) is 24.8 Å². The standard InChI is InChI=1S/C17H21N3O3/c1-13-10-19(11-14(2)23-13)17(21)16-8-9-20(18-16)12-22-15-6-4-3-5-7-15/h3-9,13-14H,10-12H2,1-2H3/t13-,14-/m0/s1. The van der Waals surface area contributed by atoms with Gasteiger partial charge in [0.2, 0.25) is 0 Å². The van der Waals surface area contributed by atoms with E-state index in [9.17, 15) is 4.79 Å². The highest BCUT2D eigenvalue weighted by Crippen LogP contribution is 2.14. The van der Waals surface area contributed by atoms with Crippen molar-refractivity contribution in [1.29, 1.82) is 0 Å². The lowest BCUT2D eigenvalue weighted by Gasteiger charge is -2.34. The molecule has 1 saturated heterocycles. The first kappa shape index (κ1) is 15.6. The van der Waals surface area contributed by atoms with Crippen LogP contribution in [0.15, 0.2) is 42.6 Å². The molecule has 1 aromatic heterocycles. The third-order valence-electron chi connectivity index (χ3n) is 3.67. The molecule has 3 rings (SSSR count). The number of para-hydroxylation sites is 1. The predicted octanol–water partition coefficient (Wildman–Crippen LogP) is 2.17. The van der Waals surface area contributed by atoms with Gasteiger partial charge in [0.1, 0.15) is 5.75 Å². The summed E-state index contributed by atoms with van der Waals surface area (Å²) in [6, 6.07) is 11.2. The fourth-order valence-electron chi connectivity index (χ4n) is 2.71. The number of aromatic nitrogens is 2. The summed E-state index contributed by atoms with van der Waals surface area (Å²) in [5.74, 6) is 0.706. The Labute approximate surface area is 135 Å². The first-order valence-electron chi connectivity index (χ1n) is 7.78. The van der Waals surface area contributed by atoms with Gasteiger partial charge < -0.3 is 14.4 Å². The monoisotopic (exact) mass is 315 g/mol. The van der Waals surface area contributed by atoms with Gasteiger partial charge >= 0.3 is 0 Å². The topological polar surface area (TPSA) is 56.6 Å². The number of hydrogen-bond donors (Lipinski definition) is 0. The zero-order valence-corrected chi connectivity index (χ0v) is 13.4. The summed E-state index contributed by atoms with van der Waals surface area (Å²) in [5, 5.41) is 4.31. The molecule has 1 aliphatic heterocycles. The van der Waals surface area contributed by atoms with E-state index in [4.69, 9.17) is 9.47 Å². The summed E-state index contributed by atoms with van der Waals surface area (Å²) >= 11 is 0. The number of nitrogens with zero attached hydrogens (tertiary/aromatic N) is 3. The first-order valence-corrected chi connectivity index (χ1v) is 7.78. The van der Waals surface area contributed by atoms with Gasteiger partial charge in [-0.1, -0.05) is 18.2 Å². The second kappa shape index (κ2) is 6.83. The Morgan fingerprint density at radius 1 is 1.22 bits per heavy atom. The fourth-order valence-corrected chi connectivity index (χ4v) is 2.71. The third kappa shape index (κ3) is 3.90. The Kier molecular flexibility index (Phi) is 4.62. The molecule has 1 fully saturated rings. The highest BCUT2D eigenvalue weighted by molar-refractivity contribution is 5.92. The first-order chi connectivity index (χ1) is 11.1. The molecule has 0 spiro atoms. The molecule has 6 heteroatoms. The second-order valence-corrected chi connectivity index (χ2v) is 5.79. The molecule has 0 aliphatic carbocycles. The van der Waals surface area contributed by atoms with Gasteiger partial charge in [0.05, 0.1) is 12.2 Å². The quantitative estimate of drug-likeness (QED) is 0.867. The van der Waals surface area contributed by atoms with Crippen molar-refractivity contribution in [1.82, 2.24) is 14.7 Å². The second-order valence-electron chi connectivity index (χ2n) is 5.79. The van der Waals surface area contributed by atoms with E-state index < -0.39 is 0 Å². The number of carbonyl (C=O) groups is 1. The van der Waals surface area contributed by atoms with Crippen LogP contribution in [-0.4, -0.2) is 45.9 Å². The van der Waals surface area contributed by atoms with Crippen LogP contribution in [0.3, 0.4) is 0 Å². The minimum absolute atomic E-state index is 0.0474. The maximum atomic E-state index is 12.5. The smallest absolute Gasteiger partial charge is 0.274 e. The normalized spacial score (nSPS) is 21.2. The van der Waals surface area contributed by atoms with Crippen LogP contribution < -0.4 is 4.74 Å². The Balaban J connectivity index is 1.61. The Morgan fingerprint density at radius 3 is 2.61 bits per heavy atom. The number of benzene rings is 1. The van der Waals surface area contributed by atoms with Crippen LogP contribution in [0, 0.1) is 0 Å². The van der Waals surface area contributed by atoms with Gasteiger partial charge in [-0.15, -0.1) is 0 Å². The summed E-state index contributed by atoms with van der Waals surface area (Å²) in [5.41, 5.74) is 0.433. The average Bonchev–Trinajstić information content (AvgIpc) is 3.01. The molecule has 0 saturated carbocycles. The Hall–Kier alpha value is -2.34. The van der Waals surface area contributed by atoms with E-state index in [1.165, 1.54) is 0 Å². The van der Waals surface area contributed by atoms with Gasteiger partial charge in [-0.25, -0.2) is 4.68 Å². The SMILES string of the molecule is C[C@H]1CN(C(=O)c2ccn(COc3ccccc3)n2)C[C@H](C)O1. The van der Waals surface area contributed by atoms with E-state index in [1.54, 1.807) is 21.8 Å². The zero-order valence-electron chi connectivity index (χ0n) is 13.4. The van der Waals surface area contributed by atoms with Gasteiger partial charge in [0.15, 0.2) is 12.4 Å². The van der Waals surface area contributed by atoms with Crippen LogP contribution in [0.5, 0.6) is 5.75 Å². The van der Waals surface area contributed by atoms with Crippen LogP contribution in [0.2, 0.25) is 0 Å². The number of rotatable bonds is 4. The third-order valence-corrected chi connectivity index (χ3v) is 3.67. The molecule has 0 unspecified atom stereocenters. The zero-order chi connectivity index (χ0) is 16.2. The van der Waals surface area contributed by atoms with Crippen molar-refractivity contribution in [2.24, 2.45) is 0 Å². The lowest BCUT2D eigenvalue weighted by molar-refractivity contribution is -0.0587. The van der Waals surface area contributed by atoms with Crippen LogP contribution in [0.25, 0.3) is 0 Å². The minimum Gasteiger partial charge on any atom is -0.471 e. The number of carbonyl (C=O) groups excluding carboxylic acids is 1. The molecule has 1 aromatic carbocycles. The summed E-state index contributed by atoms with van der Waals surface area (Å²) in [6.45, 7) is 5.41. The lowest BCUT2D eigenvalue weighted by Crippen LogP contribution is -2.48. The highest BCUT2D eigenvalue weighted by Gasteiger charge is 2.27. The summed E-state index contributed by atoms with van der Waals surface area (Å²) in [4.78, 5) is 14.3. The molecule has 0 bridgehead atoms. The molecule has 0 N–H and O–H groups in total. The van der Waals surface area contributed by atoms with Gasteiger partial charge in [0.25, 0.3) is 5.91 Å². The van der Waals surface area contributed by atoms with E-state index in [0.29, 0.717) is 18.8 Å². The molecule has 1 amide bonds. The molecule has 2 aromatic rings. The number of hydrogen-bond acceptors (Lipinski definition) is 4. The molecule has 0 radical (unpaired) electrons. The van der Waals surface area contributed by atoms with Crippen molar-refractivity contribution >= 4 is 5.91 Å². The van der Waals surface area contributed by atoms with Gasteiger partial charge in [-0.2, -0.15) is 5.10 Å². The van der Waals surface area contributed by atoms with Gasteiger partial charge in [-0.05, 0) is 32.0 Å². The fraction of sp³-hybridized carbons (Fsp3) is 0.412. The van der Waals surface area contributed by atoms with Gasteiger partial charge in [0, 0.05) is 19.3 Å². The minimum atomic E-state index is -0.0644. The van der Waals surface area contributed by atoms with E-state index in [0.717, 1.165) is 5.75 Å². The van der Waals surface area contributed by atoms with Crippen molar-refractivity contribution < 1.29 is 14.3 Å². The predicted molar refractivity (Wildman–Crippen MR) is 85.2 cm³/mol. The van der Waals surface area contributed by atoms with Crippen molar-refractivity contribution in [2.45, 2.75) is 32.8 Å². The maximum Gasteiger partial charge on any atom is 0.274 e. The lowest BCUT2D eigenvalue weighted by atomic mass is 10.2. The Bertz CT molecular complexity index is 646. The molecule has 1 aliphatic rings. The number of morpholine rings is 1. The highest BCUT2D eigenvalue weighted by atomic mass is 16.5. The molecular weight excluding hydrogens is 294 g/mol. The van der Waals surface area contributed by atoms with Crippen molar-refractivity contribution in [3.63, 3.8) is 0 Å².